The Kier molecular flexibility index (Phi) is 5.75. The van der Waals surface area contributed by atoms with Crippen LogP contribution in [-0.2, 0) is 13.1 Å². The van der Waals surface area contributed by atoms with Gasteiger partial charge in [-0.3, -0.25) is 0 Å². The molecule has 0 fully saturated rings. The third-order valence-corrected chi connectivity index (χ3v) is 7.22. The van der Waals surface area contributed by atoms with E-state index in [0.717, 1.165) is 45.5 Å². The Morgan fingerprint density at radius 1 is 0.684 bits per heavy atom. The Balaban J connectivity index is 1.44. The summed E-state index contributed by atoms with van der Waals surface area (Å²) in [6, 6.07) is 30.7. The summed E-state index contributed by atoms with van der Waals surface area (Å²) in [4.78, 5) is 6.69. The van der Waals surface area contributed by atoms with Crippen LogP contribution >= 0.6 is 0 Å². The number of nitrogens with zero attached hydrogens (tertiary/aromatic N) is 5. The lowest BCUT2D eigenvalue weighted by atomic mass is 9.95. The number of ether oxygens (including phenoxy) is 2. The maximum Gasteiger partial charge on any atom is 0.119 e. The molecule has 186 valence electrons. The molecule has 0 atom stereocenters. The summed E-state index contributed by atoms with van der Waals surface area (Å²) in [5.74, 6) is 1.59. The highest BCUT2D eigenvalue weighted by Crippen LogP contribution is 2.44. The van der Waals surface area contributed by atoms with E-state index in [-0.39, 0.29) is 0 Å². The highest BCUT2D eigenvalue weighted by molar-refractivity contribution is 5.82. The number of methoxy groups -OCH3 is 2. The van der Waals surface area contributed by atoms with E-state index in [0.29, 0.717) is 30.9 Å². The van der Waals surface area contributed by atoms with Crippen LogP contribution < -0.4 is 24.2 Å². The molecular formula is C31H25N5O2. The van der Waals surface area contributed by atoms with Crippen molar-refractivity contribution in [2.75, 3.05) is 35.6 Å². The van der Waals surface area contributed by atoms with Gasteiger partial charge in [0.15, 0.2) is 0 Å². The number of hydrogen-bond donors (Lipinski definition) is 0. The van der Waals surface area contributed by atoms with Gasteiger partial charge >= 0.3 is 0 Å². The van der Waals surface area contributed by atoms with Crippen molar-refractivity contribution in [1.29, 1.82) is 10.5 Å². The number of rotatable bonds is 5. The third-order valence-electron chi connectivity index (χ3n) is 7.22. The van der Waals surface area contributed by atoms with Crippen LogP contribution in [0.1, 0.15) is 22.3 Å². The first kappa shape index (κ1) is 23.3. The van der Waals surface area contributed by atoms with Crippen molar-refractivity contribution >= 4 is 28.4 Å². The summed E-state index contributed by atoms with van der Waals surface area (Å²) in [6.45, 7) is 1.91. The monoisotopic (exact) mass is 499 g/mol. The fraction of sp³-hybridized carbons (Fsp3) is 0.161. The van der Waals surface area contributed by atoms with Crippen molar-refractivity contribution in [2.24, 2.45) is 0 Å². The third kappa shape index (κ3) is 3.82. The standard InChI is InChI=1S/C31H25N5O2/c1-37-27-11-7-24(8-12-27)36(25-9-13-28(38-2)14-10-25)26-6-5-23-18-35-20-34(30(23)15-26)19-29-21(16-32)3-4-22(17-33)31(29)35/h3-15H,18-20H2,1-2H3. The second kappa shape index (κ2) is 9.38. The van der Waals surface area contributed by atoms with E-state index in [4.69, 9.17) is 9.47 Å². The Morgan fingerprint density at radius 3 is 1.84 bits per heavy atom. The first-order valence-corrected chi connectivity index (χ1v) is 12.3. The molecule has 0 saturated heterocycles. The largest absolute Gasteiger partial charge is 0.497 e. The smallest absolute Gasteiger partial charge is 0.119 e. The molecular weight excluding hydrogens is 474 g/mol. The van der Waals surface area contributed by atoms with Crippen LogP contribution in [0.3, 0.4) is 0 Å². The number of nitriles is 2. The topological polar surface area (TPSA) is 75.8 Å². The minimum Gasteiger partial charge on any atom is -0.497 e. The molecule has 4 aromatic rings. The molecule has 7 heteroatoms. The van der Waals surface area contributed by atoms with Gasteiger partial charge in [0, 0.05) is 41.4 Å². The summed E-state index contributed by atoms with van der Waals surface area (Å²) in [5, 5.41) is 19.5. The predicted molar refractivity (Wildman–Crippen MR) is 147 cm³/mol. The quantitative estimate of drug-likeness (QED) is 0.323. The SMILES string of the molecule is COc1ccc(N(c2ccc(OC)cc2)c2ccc3c(c2)N2Cc4c(C#N)ccc(C#N)c4N(C3)C2)cc1. The fourth-order valence-corrected chi connectivity index (χ4v) is 5.40. The van der Waals surface area contributed by atoms with E-state index in [9.17, 15) is 10.5 Å². The Morgan fingerprint density at radius 2 is 1.26 bits per heavy atom. The van der Waals surface area contributed by atoms with E-state index < -0.39 is 0 Å². The molecule has 38 heavy (non-hydrogen) atoms. The van der Waals surface area contributed by atoms with Gasteiger partial charge in [-0.1, -0.05) is 6.07 Å². The summed E-state index contributed by atoms with van der Waals surface area (Å²) < 4.78 is 10.8. The van der Waals surface area contributed by atoms with E-state index in [1.165, 1.54) is 5.56 Å². The fourth-order valence-electron chi connectivity index (χ4n) is 5.40. The highest BCUT2D eigenvalue weighted by Gasteiger charge is 2.33. The minimum absolute atomic E-state index is 0.575. The van der Waals surface area contributed by atoms with Crippen molar-refractivity contribution in [3.8, 4) is 23.6 Å². The van der Waals surface area contributed by atoms with E-state index in [2.05, 4.69) is 45.0 Å². The molecule has 0 saturated carbocycles. The van der Waals surface area contributed by atoms with Crippen LogP contribution in [0.5, 0.6) is 11.5 Å². The zero-order valence-electron chi connectivity index (χ0n) is 21.2. The Bertz CT molecular complexity index is 1550. The molecule has 0 N–H and O–H groups in total. The summed E-state index contributed by atoms with van der Waals surface area (Å²) in [7, 11) is 3.33. The average molecular weight is 500 g/mol. The number of anilines is 5. The van der Waals surface area contributed by atoms with Gasteiger partial charge in [0.25, 0.3) is 0 Å². The van der Waals surface area contributed by atoms with Crippen molar-refractivity contribution in [3.05, 3.63) is 101 Å². The van der Waals surface area contributed by atoms with Crippen LogP contribution in [0.15, 0.2) is 78.9 Å². The molecule has 0 aliphatic carbocycles. The number of fused-ring (bicyclic) bond motifs is 6. The zero-order chi connectivity index (χ0) is 26.2. The van der Waals surface area contributed by atoms with Crippen molar-refractivity contribution in [2.45, 2.75) is 13.1 Å². The molecule has 0 aromatic heterocycles. The van der Waals surface area contributed by atoms with Gasteiger partial charge in [-0.05, 0) is 78.4 Å². The van der Waals surface area contributed by atoms with E-state index in [1.54, 1.807) is 26.4 Å². The molecule has 0 radical (unpaired) electrons. The number of hydrogen-bond acceptors (Lipinski definition) is 7. The van der Waals surface area contributed by atoms with Crippen LogP contribution in [0.4, 0.5) is 28.4 Å². The summed E-state index contributed by atoms with van der Waals surface area (Å²) >= 11 is 0. The summed E-state index contributed by atoms with van der Waals surface area (Å²) in [6.07, 6.45) is 0. The second-order valence-corrected chi connectivity index (χ2v) is 9.29. The van der Waals surface area contributed by atoms with Crippen LogP contribution in [0.25, 0.3) is 0 Å². The molecule has 6 rings (SSSR count). The lowest BCUT2D eigenvalue weighted by Crippen LogP contribution is -2.46. The van der Waals surface area contributed by atoms with Gasteiger partial charge in [0.1, 0.15) is 17.6 Å². The Hall–Kier alpha value is -5.14. The molecule has 0 amide bonds. The molecule has 4 aromatic carbocycles. The predicted octanol–water partition coefficient (Wildman–Crippen LogP) is 6.21. The van der Waals surface area contributed by atoms with Crippen molar-refractivity contribution < 1.29 is 9.47 Å². The average Bonchev–Trinajstić information content (AvgIpc) is 2.97. The lowest BCUT2D eigenvalue weighted by molar-refractivity contribution is 0.415. The van der Waals surface area contributed by atoms with Crippen LogP contribution in [0.2, 0.25) is 0 Å². The Labute approximate surface area is 221 Å². The summed E-state index contributed by atoms with van der Waals surface area (Å²) in [5.41, 5.74) is 8.36. The van der Waals surface area contributed by atoms with Crippen LogP contribution in [-0.4, -0.2) is 20.9 Å². The van der Waals surface area contributed by atoms with E-state index >= 15 is 0 Å². The molecule has 2 aliphatic rings. The second-order valence-electron chi connectivity index (χ2n) is 9.29. The highest BCUT2D eigenvalue weighted by atomic mass is 16.5. The van der Waals surface area contributed by atoms with Gasteiger partial charge in [-0.15, -0.1) is 0 Å². The molecule has 0 spiro atoms. The van der Waals surface area contributed by atoms with Gasteiger partial charge in [-0.25, -0.2) is 0 Å². The first-order chi connectivity index (χ1) is 18.6. The van der Waals surface area contributed by atoms with Crippen LogP contribution in [0, 0.1) is 22.7 Å². The molecule has 0 unspecified atom stereocenters. The molecule has 2 heterocycles. The zero-order valence-corrected chi connectivity index (χ0v) is 21.2. The lowest BCUT2D eigenvalue weighted by Gasteiger charge is -2.45. The molecule has 7 nitrogen and oxygen atoms in total. The van der Waals surface area contributed by atoms with Crippen molar-refractivity contribution in [1.82, 2.24) is 0 Å². The van der Waals surface area contributed by atoms with Gasteiger partial charge in [0.2, 0.25) is 0 Å². The van der Waals surface area contributed by atoms with E-state index in [1.807, 2.05) is 48.5 Å². The van der Waals surface area contributed by atoms with Crippen molar-refractivity contribution in [3.63, 3.8) is 0 Å². The van der Waals surface area contributed by atoms with Gasteiger partial charge in [0.05, 0.1) is 43.8 Å². The minimum atomic E-state index is 0.575. The van der Waals surface area contributed by atoms with Gasteiger partial charge < -0.3 is 24.2 Å². The number of benzene rings is 4. The first-order valence-electron chi connectivity index (χ1n) is 12.3. The van der Waals surface area contributed by atoms with Gasteiger partial charge in [-0.2, -0.15) is 10.5 Å². The normalized spacial score (nSPS) is 13.1. The maximum absolute atomic E-state index is 9.76. The maximum atomic E-state index is 9.76. The molecule has 2 aliphatic heterocycles. The molecule has 2 bridgehead atoms.